The van der Waals surface area contributed by atoms with Crippen molar-refractivity contribution in [3.8, 4) is 0 Å². The lowest BCUT2D eigenvalue weighted by atomic mass is 10.0. The highest BCUT2D eigenvalue weighted by atomic mass is 32.1. The van der Waals surface area contributed by atoms with E-state index in [-0.39, 0.29) is 0 Å². The van der Waals surface area contributed by atoms with Gasteiger partial charge in [0.05, 0.1) is 0 Å². The van der Waals surface area contributed by atoms with E-state index < -0.39 is 0 Å². The summed E-state index contributed by atoms with van der Waals surface area (Å²) in [6, 6.07) is 25.7. The summed E-state index contributed by atoms with van der Waals surface area (Å²) in [6.07, 6.45) is 9.50. The topological polar surface area (TPSA) is 0 Å². The van der Waals surface area contributed by atoms with Crippen LogP contribution in [0.3, 0.4) is 0 Å². The van der Waals surface area contributed by atoms with Crippen molar-refractivity contribution in [2.24, 2.45) is 0 Å². The zero-order chi connectivity index (χ0) is 22.2. The maximum Gasteiger partial charge on any atom is 0.00170 e. The van der Waals surface area contributed by atoms with Gasteiger partial charge in [0.1, 0.15) is 0 Å². The average Bonchev–Trinajstić information content (AvgIpc) is 3.51. The molecule has 0 fully saturated rings. The summed E-state index contributed by atoms with van der Waals surface area (Å²) in [4.78, 5) is 2.80. The Hall–Kier alpha value is -2.64. The first-order valence-electron chi connectivity index (χ1n) is 10.9. The second-order valence-corrected chi connectivity index (χ2v) is 7.79. The minimum Gasteiger partial charge on any atom is -0.146 e. The number of allylic oxidation sites excluding steroid dienone is 4. The molecule has 0 spiro atoms. The van der Waals surface area contributed by atoms with Crippen molar-refractivity contribution >= 4 is 32.9 Å². The molecule has 1 heteroatoms. The molecule has 1 aliphatic carbocycles. The second kappa shape index (κ2) is 15.2. The van der Waals surface area contributed by atoms with Crippen LogP contribution in [0.15, 0.2) is 97.1 Å². The summed E-state index contributed by atoms with van der Waals surface area (Å²) in [5, 5.41) is 5.25. The molecule has 0 unspecified atom stereocenters. The Morgan fingerprint density at radius 1 is 0.533 bits per heavy atom. The minimum absolute atomic E-state index is 1.14. The Labute approximate surface area is 187 Å². The molecule has 0 atom stereocenters. The number of aryl methyl sites for hydroxylation is 2. The molecule has 4 aromatic rings. The van der Waals surface area contributed by atoms with Gasteiger partial charge in [-0.25, -0.2) is 0 Å². The lowest BCUT2D eigenvalue weighted by molar-refractivity contribution is 1.45. The normalized spacial score (nSPS) is 10.6. The smallest absolute Gasteiger partial charge is 0.00170 e. The molecule has 0 saturated heterocycles. The molecule has 0 amide bonds. The molecule has 1 aromatic heterocycles. The van der Waals surface area contributed by atoms with E-state index in [1.54, 1.807) is 0 Å². The zero-order valence-electron chi connectivity index (χ0n) is 19.4. The highest BCUT2D eigenvalue weighted by Gasteiger charge is 1.95. The summed E-state index contributed by atoms with van der Waals surface area (Å²) in [5.74, 6) is 0. The fourth-order valence-electron chi connectivity index (χ4n) is 2.83. The standard InChI is InChI=1S/C14H10.C6H8S.C5H6.2C2H6/c1-2-6-12-10-14-8-4-3-7-13(14)9-11(12)5-1;1-5-3-4-6(2)7-5;1-2-4-5-3-1;2*1-2/h1-10H;3-4H,1-2H3;1-4H,5H2;2*1-2H3. The van der Waals surface area contributed by atoms with Gasteiger partial charge in [0.15, 0.2) is 0 Å². The average molecular weight is 417 g/mol. The summed E-state index contributed by atoms with van der Waals surface area (Å²) >= 11 is 1.84. The van der Waals surface area contributed by atoms with Crippen LogP contribution in [0, 0.1) is 13.8 Å². The van der Waals surface area contributed by atoms with Crippen molar-refractivity contribution in [1.29, 1.82) is 0 Å². The van der Waals surface area contributed by atoms with E-state index in [4.69, 9.17) is 0 Å². The van der Waals surface area contributed by atoms with Crippen LogP contribution in [0.25, 0.3) is 21.5 Å². The van der Waals surface area contributed by atoms with Gasteiger partial charge in [-0.2, -0.15) is 0 Å². The summed E-state index contributed by atoms with van der Waals surface area (Å²) in [7, 11) is 0. The molecular weight excluding hydrogens is 380 g/mol. The van der Waals surface area contributed by atoms with Crippen molar-refractivity contribution in [2.45, 2.75) is 48.0 Å². The van der Waals surface area contributed by atoms with E-state index in [1.165, 1.54) is 31.3 Å². The van der Waals surface area contributed by atoms with Gasteiger partial charge in [0, 0.05) is 9.75 Å². The molecule has 0 saturated carbocycles. The lowest BCUT2D eigenvalue weighted by Crippen LogP contribution is -1.74. The largest absolute Gasteiger partial charge is 0.146 e. The van der Waals surface area contributed by atoms with Crippen molar-refractivity contribution in [1.82, 2.24) is 0 Å². The molecule has 0 N–H and O–H groups in total. The Balaban J connectivity index is 0.000000236. The third-order valence-electron chi connectivity index (χ3n) is 4.14. The van der Waals surface area contributed by atoms with Crippen LogP contribution in [-0.2, 0) is 0 Å². The molecule has 0 nitrogen and oxygen atoms in total. The Kier molecular flexibility index (Phi) is 12.9. The van der Waals surface area contributed by atoms with E-state index in [9.17, 15) is 0 Å². The summed E-state index contributed by atoms with van der Waals surface area (Å²) in [5.41, 5.74) is 0. The van der Waals surface area contributed by atoms with Gasteiger partial charge in [0.2, 0.25) is 0 Å². The van der Waals surface area contributed by atoms with Crippen LogP contribution in [-0.4, -0.2) is 0 Å². The Bertz CT molecular complexity index is 903. The Morgan fingerprint density at radius 2 is 0.867 bits per heavy atom. The van der Waals surface area contributed by atoms with E-state index in [1.807, 2.05) is 39.0 Å². The predicted octanol–water partition coefficient (Wildman–Crippen LogP) is 9.91. The van der Waals surface area contributed by atoms with Gasteiger partial charge in [-0.1, -0.05) is 101 Å². The first-order valence-corrected chi connectivity index (χ1v) is 11.8. The molecular formula is C29H36S. The number of rotatable bonds is 0. The highest BCUT2D eigenvalue weighted by Crippen LogP contribution is 2.22. The third kappa shape index (κ3) is 8.80. The molecule has 0 aliphatic heterocycles. The van der Waals surface area contributed by atoms with Gasteiger partial charge < -0.3 is 0 Å². The molecule has 1 aliphatic rings. The highest BCUT2D eigenvalue weighted by molar-refractivity contribution is 7.11. The van der Waals surface area contributed by atoms with Gasteiger partial charge in [-0.3, -0.25) is 0 Å². The molecule has 30 heavy (non-hydrogen) atoms. The molecule has 1 heterocycles. The quantitative estimate of drug-likeness (QED) is 0.250. The van der Waals surface area contributed by atoms with Gasteiger partial charge in [0.25, 0.3) is 0 Å². The zero-order valence-corrected chi connectivity index (χ0v) is 20.2. The van der Waals surface area contributed by atoms with Gasteiger partial charge in [-0.05, 0) is 66.1 Å². The summed E-state index contributed by atoms with van der Waals surface area (Å²) in [6.45, 7) is 12.2. The Morgan fingerprint density at radius 3 is 1.07 bits per heavy atom. The van der Waals surface area contributed by atoms with Crippen LogP contribution in [0.1, 0.15) is 43.9 Å². The van der Waals surface area contributed by atoms with Crippen LogP contribution in [0.4, 0.5) is 0 Å². The van der Waals surface area contributed by atoms with Crippen LogP contribution in [0.5, 0.6) is 0 Å². The first kappa shape index (κ1) is 25.4. The molecule has 0 bridgehead atoms. The fraction of sp³-hybridized carbons (Fsp3) is 0.241. The van der Waals surface area contributed by atoms with E-state index in [0.717, 1.165) is 6.42 Å². The maximum absolute atomic E-state index is 2.24. The molecule has 3 aromatic carbocycles. The number of hydrogen-bond acceptors (Lipinski definition) is 1. The number of hydrogen-bond donors (Lipinski definition) is 0. The molecule has 0 radical (unpaired) electrons. The number of benzene rings is 3. The van der Waals surface area contributed by atoms with Crippen molar-refractivity contribution in [3.63, 3.8) is 0 Å². The van der Waals surface area contributed by atoms with E-state index >= 15 is 0 Å². The van der Waals surface area contributed by atoms with Crippen LogP contribution < -0.4 is 0 Å². The lowest BCUT2D eigenvalue weighted by Gasteiger charge is -2.00. The van der Waals surface area contributed by atoms with E-state index in [2.05, 4.69) is 111 Å². The van der Waals surface area contributed by atoms with Crippen molar-refractivity contribution < 1.29 is 0 Å². The first-order chi connectivity index (χ1) is 14.7. The van der Waals surface area contributed by atoms with E-state index in [0.29, 0.717) is 0 Å². The van der Waals surface area contributed by atoms with Gasteiger partial charge in [-0.15, -0.1) is 11.3 Å². The van der Waals surface area contributed by atoms with Crippen molar-refractivity contribution in [3.05, 3.63) is 107 Å². The monoisotopic (exact) mass is 416 g/mol. The SMILES string of the molecule is C1=CCC=C1.CC.CC.Cc1ccc(C)s1.c1ccc2cc3ccccc3cc2c1. The molecule has 158 valence electrons. The minimum atomic E-state index is 1.14. The number of thiophene rings is 1. The van der Waals surface area contributed by atoms with Crippen LogP contribution >= 0.6 is 11.3 Å². The van der Waals surface area contributed by atoms with Crippen LogP contribution in [0.2, 0.25) is 0 Å². The molecule has 5 rings (SSSR count). The van der Waals surface area contributed by atoms with Crippen molar-refractivity contribution in [2.75, 3.05) is 0 Å². The summed E-state index contributed by atoms with van der Waals surface area (Å²) < 4.78 is 0. The fourth-order valence-corrected chi connectivity index (χ4v) is 3.61. The van der Waals surface area contributed by atoms with Gasteiger partial charge >= 0.3 is 0 Å². The second-order valence-electron chi connectivity index (χ2n) is 6.30. The maximum atomic E-state index is 2.24. The third-order valence-corrected chi connectivity index (χ3v) is 5.06. The predicted molar refractivity (Wildman–Crippen MR) is 141 cm³/mol. The number of fused-ring (bicyclic) bond motifs is 2.